The van der Waals surface area contributed by atoms with Crippen LogP contribution in [0.2, 0.25) is 0 Å². The number of carboxylic acid groups (broad SMARTS) is 1. The van der Waals surface area contributed by atoms with Gasteiger partial charge in [0.2, 0.25) is 0 Å². The van der Waals surface area contributed by atoms with Gasteiger partial charge < -0.3 is 19.5 Å². The third kappa shape index (κ3) is 5.96. The Bertz CT molecular complexity index is 652. The highest BCUT2D eigenvalue weighted by Crippen LogP contribution is 2.29. The van der Waals surface area contributed by atoms with Crippen LogP contribution < -0.4 is 4.74 Å². The zero-order chi connectivity index (χ0) is 20.0. The molecule has 1 N–H and O–H groups in total. The Labute approximate surface area is 161 Å². The number of benzene rings is 1. The van der Waals surface area contributed by atoms with Crippen molar-refractivity contribution in [2.75, 3.05) is 19.8 Å². The van der Waals surface area contributed by atoms with Crippen molar-refractivity contribution in [3.05, 3.63) is 29.3 Å². The topological polar surface area (TPSA) is 76.1 Å². The van der Waals surface area contributed by atoms with Crippen LogP contribution in [0.3, 0.4) is 0 Å². The van der Waals surface area contributed by atoms with Gasteiger partial charge in [-0.05, 0) is 49.8 Å². The molecule has 27 heavy (non-hydrogen) atoms. The summed E-state index contributed by atoms with van der Waals surface area (Å²) in [5, 5.41) is 9.05. The summed E-state index contributed by atoms with van der Waals surface area (Å²) in [5.41, 5.74) is 2.13. The number of hydrogen-bond acceptors (Lipinski definition) is 4. The smallest absolute Gasteiger partial charge is 0.305 e. The lowest BCUT2D eigenvalue weighted by molar-refractivity contribution is -0.144. The summed E-state index contributed by atoms with van der Waals surface area (Å²) < 4.78 is 11.4. The van der Waals surface area contributed by atoms with Crippen LogP contribution in [0, 0.1) is 6.92 Å². The van der Waals surface area contributed by atoms with Crippen molar-refractivity contribution in [2.24, 2.45) is 0 Å². The average molecular weight is 377 g/mol. The van der Waals surface area contributed by atoms with Crippen LogP contribution in [0.5, 0.6) is 5.75 Å². The van der Waals surface area contributed by atoms with E-state index in [-0.39, 0.29) is 30.8 Å². The molecule has 1 aliphatic rings. The molecule has 1 aromatic carbocycles. The fourth-order valence-electron chi connectivity index (χ4n) is 3.38. The first-order chi connectivity index (χ1) is 12.8. The third-order valence-corrected chi connectivity index (χ3v) is 4.92. The number of carbonyl (C=O) groups excluding carboxylic acids is 1. The molecule has 150 valence electrons. The largest absolute Gasteiger partial charge is 0.481 e. The molecule has 1 heterocycles. The summed E-state index contributed by atoms with van der Waals surface area (Å²) in [5.74, 6) is -0.0777. The van der Waals surface area contributed by atoms with Gasteiger partial charge in [-0.2, -0.15) is 0 Å². The van der Waals surface area contributed by atoms with Gasteiger partial charge in [-0.3, -0.25) is 9.59 Å². The maximum absolute atomic E-state index is 13.1. The second kappa shape index (κ2) is 9.74. The number of hydrogen-bond donors (Lipinski definition) is 1. The number of aliphatic carboxylic acids is 1. The first-order valence-electron chi connectivity index (χ1n) is 9.66. The predicted molar refractivity (Wildman–Crippen MR) is 103 cm³/mol. The molecule has 0 saturated carbocycles. The van der Waals surface area contributed by atoms with Gasteiger partial charge in [0.1, 0.15) is 5.75 Å². The highest BCUT2D eigenvalue weighted by Gasteiger charge is 2.30. The van der Waals surface area contributed by atoms with E-state index >= 15 is 0 Å². The van der Waals surface area contributed by atoms with Crippen LogP contribution in [0.1, 0.15) is 57.1 Å². The van der Waals surface area contributed by atoms with E-state index in [1.165, 1.54) is 0 Å². The van der Waals surface area contributed by atoms with Crippen LogP contribution in [-0.4, -0.2) is 53.8 Å². The molecule has 1 fully saturated rings. The monoisotopic (exact) mass is 377 g/mol. The number of amides is 1. The molecular formula is C21H31NO5. The van der Waals surface area contributed by atoms with Crippen molar-refractivity contribution < 1.29 is 24.2 Å². The van der Waals surface area contributed by atoms with E-state index in [4.69, 9.17) is 14.6 Å². The lowest BCUT2D eigenvalue weighted by atomic mass is 10.0. The molecule has 0 spiro atoms. The molecule has 1 aliphatic heterocycles. The average Bonchev–Trinajstić information content (AvgIpc) is 2.62. The Morgan fingerprint density at radius 2 is 1.93 bits per heavy atom. The van der Waals surface area contributed by atoms with Crippen molar-refractivity contribution >= 4 is 11.9 Å². The number of rotatable bonds is 8. The maximum Gasteiger partial charge on any atom is 0.305 e. The SMILES string of the molecule is Cc1ccc(C(C)C)c(O[C@H](C)C(=O)N(CCC(=O)O)C2CCOCC2)c1. The van der Waals surface area contributed by atoms with Gasteiger partial charge in [-0.1, -0.05) is 26.0 Å². The Morgan fingerprint density at radius 1 is 1.26 bits per heavy atom. The summed E-state index contributed by atoms with van der Waals surface area (Å²) in [7, 11) is 0. The van der Waals surface area contributed by atoms with Crippen molar-refractivity contribution in [3.8, 4) is 5.75 Å². The maximum atomic E-state index is 13.1. The van der Waals surface area contributed by atoms with Gasteiger partial charge in [0.15, 0.2) is 6.10 Å². The van der Waals surface area contributed by atoms with Crippen molar-refractivity contribution in [1.82, 2.24) is 4.90 Å². The predicted octanol–water partition coefficient (Wildman–Crippen LogP) is 3.37. The minimum atomic E-state index is -0.908. The molecule has 2 rings (SSSR count). The fraction of sp³-hybridized carbons (Fsp3) is 0.619. The molecule has 1 saturated heterocycles. The van der Waals surface area contributed by atoms with Crippen molar-refractivity contribution in [1.29, 1.82) is 0 Å². The van der Waals surface area contributed by atoms with Gasteiger partial charge in [0.25, 0.3) is 5.91 Å². The summed E-state index contributed by atoms with van der Waals surface area (Å²) >= 11 is 0. The number of carbonyl (C=O) groups is 2. The van der Waals surface area contributed by atoms with Gasteiger partial charge in [-0.15, -0.1) is 0 Å². The highest BCUT2D eigenvalue weighted by atomic mass is 16.5. The number of carboxylic acids is 1. The second-order valence-corrected chi connectivity index (χ2v) is 7.47. The Hall–Kier alpha value is -2.08. The Morgan fingerprint density at radius 3 is 2.52 bits per heavy atom. The van der Waals surface area contributed by atoms with Crippen LogP contribution in [0.15, 0.2) is 18.2 Å². The molecule has 1 atom stereocenters. The van der Waals surface area contributed by atoms with E-state index in [0.717, 1.165) is 29.7 Å². The van der Waals surface area contributed by atoms with E-state index in [1.807, 2.05) is 25.1 Å². The molecular weight excluding hydrogens is 346 g/mol. The van der Waals surface area contributed by atoms with Gasteiger partial charge in [0, 0.05) is 25.8 Å². The van der Waals surface area contributed by atoms with E-state index in [1.54, 1.807) is 11.8 Å². The Kier molecular flexibility index (Phi) is 7.66. The summed E-state index contributed by atoms with van der Waals surface area (Å²) in [6, 6.07) is 6.02. The van der Waals surface area contributed by atoms with E-state index in [0.29, 0.717) is 13.2 Å². The van der Waals surface area contributed by atoms with Crippen LogP contribution in [0.25, 0.3) is 0 Å². The number of aryl methyl sites for hydroxylation is 1. The third-order valence-electron chi connectivity index (χ3n) is 4.92. The molecule has 0 unspecified atom stereocenters. The number of ether oxygens (including phenoxy) is 2. The minimum Gasteiger partial charge on any atom is -0.481 e. The molecule has 6 heteroatoms. The van der Waals surface area contributed by atoms with Crippen molar-refractivity contribution in [2.45, 2.75) is 65.0 Å². The zero-order valence-corrected chi connectivity index (χ0v) is 16.7. The molecule has 1 amide bonds. The molecule has 0 radical (unpaired) electrons. The lowest BCUT2D eigenvalue weighted by Gasteiger charge is -2.35. The second-order valence-electron chi connectivity index (χ2n) is 7.47. The molecule has 1 aromatic rings. The molecule has 0 aliphatic carbocycles. The highest BCUT2D eigenvalue weighted by molar-refractivity contribution is 5.82. The normalized spacial score (nSPS) is 16.2. The van der Waals surface area contributed by atoms with Gasteiger partial charge >= 0.3 is 5.97 Å². The first kappa shape index (κ1) is 21.2. The summed E-state index contributed by atoms with van der Waals surface area (Å²) in [6.07, 6.45) is 0.692. The van der Waals surface area contributed by atoms with E-state index in [9.17, 15) is 9.59 Å². The van der Waals surface area contributed by atoms with Crippen molar-refractivity contribution in [3.63, 3.8) is 0 Å². The minimum absolute atomic E-state index is 0.00118. The lowest BCUT2D eigenvalue weighted by Crippen LogP contribution is -2.49. The molecule has 0 aromatic heterocycles. The zero-order valence-electron chi connectivity index (χ0n) is 16.7. The molecule has 0 bridgehead atoms. The van der Waals surface area contributed by atoms with Gasteiger partial charge in [-0.25, -0.2) is 0 Å². The number of nitrogens with zero attached hydrogens (tertiary/aromatic N) is 1. The van der Waals surface area contributed by atoms with Crippen LogP contribution >= 0.6 is 0 Å². The Balaban J connectivity index is 2.16. The molecule has 6 nitrogen and oxygen atoms in total. The van der Waals surface area contributed by atoms with E-state index < -0.39 is 12.1 Å². The summed E-state index contributed by atoms with van der Waals surface area (Å²) in [6.45, 7) is 9.28. The van der Waals surface area contributed by atoms with E-state index in [2.05, 4.69) is 13.8 Å². The quantitative estimate of drug-likeness (QED) is 0.752. The first-order valence-corrected chi connectivity index (χ1v) is 9.66. The standard InChI is InChI=1S/C21H31NO5/c1-14(2)18-6-5-15(3)13-19(18)27-16(4)21(25)22(10-7-20(23)24)17-8-11-26-12-9-17/h5-6,13-14,16-17H,7-12H2,1-4H3,(H,23,24)/t16-/m1/s1. The van der Waals surface area contributed by atoms with Gasteiger partial charge in [0.05, 0.1) is 6.42 Å². The fourth-order valence-corrected chi connectivity index (χ4v) is 3.38. The van der Waals surface area contributed by atoms with Crippen LogP contribution in [-0.2, 0) is 14.3 Å². The van der Waals surface area contributed by atoms with Crippen LogP contribution in [0.4, 0.5) is 0 Å². The summed E-state index contributed by atoms with van der Waals surface area (Å²) in [4.78, 5) is 25.8.